The molecule has 102 valence electrons. The molecule has 18 heavy (non-hydrogen) atoms. The third kappa shape index (κ3) is 4.02. The SMILES string of the molecule is COC(=O)C=Cc1cccc(S(F)(F)(F)(F)F)c1. The van der Waals surface area contributed by atoms with Crippen LogP contribution in [0.2, 0.25) is 0 Å². The van der Waals surface area contributed by atoms with E-state index in [1.165, 1.54) is 0 Å². The summed E-state index contributed by atoms with van der Waals surface area (Å²) in [4.78, 5) is 8.72. The fraction of sp³-hybridized carbons (Fsp3) is 0.100. The molecule has 0 saturated heterocycles. The molecule has 0 spiro atoms. The first-order valence-electron chi connectivity index (χ1n) is 4.52. The van der Waals surface area contributed by atoms with Gasteiger partial charge in [-0.3, -0.25) is 0 Å². The number of carbonyl (C=O) groups excluding carboxylic acids is 1. The van der Waals surface area contributed by atoms with Gasteiger partial charge in [-0.1, -0.05) is 31.6 Å². The van der Waals surface area contributed by atoms with E-state index in [0.29, 0.717) is 0 Å². The van der Waals surface area contributed by atoms with E-state index in [9.17, 15) is 24.2 Å². The zero-order valence-corrected chi connectivity index (χ0v) is 9.90. The summed E-state index contributed by atoms with van der Waals surface area (Å²) < 4.78 is 66.6. The number of esters is 1. The number of ether oxygens (including phenoxy) is 1. The summed E-state index contributed by atoms with van der Waals surface area (Å²) >= 11 is 0. The lowest BCUT2D eigenvalue weighted by Gasteiger charge is -2.40. The molecule has 1 aromatic carbocycles. The predicted molar refractivity (Wildman–Crippen MR) is 58.9 cm³/mol. The summed E-state index contributed by atoms with van der Waals surface area (Å²) in [6.45, 7) is 0. The van der Waals surface area contributed by atoms with Crippen LogP contribution in [0.25, 0.3) is 6.08 Å². The van der Waals surface area contributed by atoms with Gasteiger partial charge in [0.1, 0.15) is 4.90 Å². The average Bonchev–Trinajstić information content (AvgIpc) is 2.23. The van der Waals surface area contributed by atoms with Crippen molar-refractivity contribution in [3.63, 3.8) is 0 Å². The van der Waals surface area contributed by atoms with Crippen molar-refractivity contribution in [2.75, 3.05) is 7.11 Å². The van der Waals surface area contributed by atoms with Gasteiger partial charge in [0.15, 0.2) is 0 Å². The van der Waals surface area contributed by atoms with Crippen molar-refractivity contribution >= 4 is 22.3 Å². The Labute approximate surface area is 99.8 Å². The smallest absolute Gasteiger partial charge is 0.330 e. The van der Waals surface area contributed by atoms with Crippen LogP contribution in [0.4, 0.5) is 19.4 Å². The third-order valence-corrected chi connectivity index (χ3v) is 3.06. The van der Waals surface area contributed by atoms with Crippen LogP contribution in [-0.4, -0.2) is 13.1 Å². The van der Waals surface area contributed by atoms with Gasteiger partial charge in [0.05, 0.1) is 7.11 Å². The highest BCUT2D eigenvalue weighted by molar-refractivity contribution is 8.45. The van der Waals surface area contributed by atoms with Gasteiger partial charge in [0.25, 0.3) is 0 Å². The molecule has 1 aromatic rings. The van der Waals surface area contributed by atoms with Crippen molar-refractivity contribution in [2.24, 2.45) is 0 Å². The molecule has 0 bridgehead atoms. The maximum Gasteiger partial charge on any atom is 0.330 e. The second-order valence-corrected chi connectivity index (χ2v) is 5.81. The molecule has 0 heterocycles. The Hall–Kier alpha value is -1.57. The van der Waals surface area contributed by atoms with Crippen LogP contribution in [-0.2, 0) is 9.53 Å². The highest BCUT2D eigenvalue weighted by atomic mass is 32.5. The molecule has 0 atom stereocenters. The largest absolute Gasteiger partial charge is 0.466 e. The third-order valence-electron chi connectivity index (χ3n) is 1.92. The molecule has 2 nitrogen and oxygen atoms in total. The summed E-state index contributed by atoms with van der Waals surface area (Å²) in [5, 5.41) is 0. The second kappa shape index (κ2) is 3.71. The lowest BCUT2D eigenvalue weighted by molar-refractivity contribution is -0.134. The molecular formula is C10H9F5O2S. The molecule has 0 aromatic heterocycles. The van der Waals surface area contributed by atoms with Crippen molar-refractivity contribution in [3.05, 3.63) is 35.9 Å². The Kier molecular flexibility index (Phi) is 2.99. The van der Waals surface area contributed by atoms with Gasteiger partial charge in [-0.25, -0.2) is 4.79 Å². The first kappa shape index (κ1) is 14.5. The van der Waals surface area contributed by atoms with E-state index >= 15 is 0 Å². The second-order valence-electron chi connectivity index (χ2n) is 3.40. The monoisotopic (exact) mass is 288 g/mol. The molecule has 0 N–H and O–H groups in total. The Morgan fingerprint density at radius 3 is 2.33 bits per heavy atom. The predicted octanol–water partition coefficient (Wildman–Crippen LogP) is 4.53. The van der Waals surface area contributed by atoms with Crippen molar-refractivity contribution < 1.29 is 29.0 Å². The number of hydrogen-bond donors (Lipinski definition) is 0. The first-order valence-corrected chi connectivity index (χ1v) is 6.48. The minimum absolute atomic E-state index is 0.175. The van der Waals surface area contributed by atoms with E-state index in [1.807, 2.05) is 0 Å². The fourth-order valence-corrected chi connectivity index (χ4v) is 1.79. The number of hydrogen-bond acceptors (Lipinski definition) is 2. The zero-order chi connectivity index (χ0) is 14.1. The number of rotatable bonds is 3. The van der Waals surface area contributed by atoms with Gasteiger partial charge in [0.2, 0.25) is 0 Å². The van der Waals surface area contributed by atoms with E-state index in [1.54, 1.807) is 0 Å². The minimum Gasteiger partial charge on any atom is -0.466 e. The highest BCUT2D eigenvalue weighted by Crippen LogP contribution is 3.02. The van der Waals surface area contributed by atoms with Gasteiger partial charge < -0.3 is 4.74 Å². The van der Waals surface area contributed by atoms with Crippen LogP contribution in [0.1, 0.15) is 5.56 Å². The molecule has 0 aliphatic heterocycles. The molecular weight excluding hydrogens is 279 g/mol. The van der Waals surface area contributed by atoms with Crippen LogP contribution in [0, 0.1) is 0 Å². The van der Waals surface area contributed by atoms with E-state index in [-0.39, 0.29) is 17.7 Å². The molecule has 0 unspecified atom stereocenters. The number of benzene rings is 1. The molecule has 0 fully saturated rings. The molecule has 0 aliphatic carbocycles. The summed E-state index contributed by atoms with van der Waals surface area (Å²) in [5.74, 6) is -0.798. The van der Waals surface area contributed by atoms with Crippen molar-refractivity contribution in [3.8, 4) is 0 Å². The number of halogens is 5. The Morgan fingerprint density at radius 1 is 1.22 bits per heavy atom. The van der Waals surface area contributed by atoms with E-state index in [0.717, 1.165) is 31.4 Å². The standard InChI is InChI=1S/C10H9F5O2S/c1-17-10(16)6-5-8-3-2-4-9(7-8)18(11,12,13,14)15/h2-7H,1H3. The van der Waals surface area contributed by atoms with Crippen LogP contribution in [0.15, 0.2) is 35.2 Å². The van der Waals surface area contributed by atoms with Gasteiger partial charge in [-0.05, 0) is 23.8 Å². The van der Waals surface area contributed by atoms with Gasteiger partial charge >= 0.3 is 16.2 Å². The Morgan fingerprint density at radius 2 is 1.83 bits per heavy atom. The summed E-state index contributed by atoms with van der Waals surface area (Å²) in [6.07, 6.45) is 1.79. The van der Waals surface area contributed by atoms with Gasteiger partial charge in [0, 0.05) is 6.08 Å². The lowest BCUT2D eigenvalue weighted by Crippen LogP contribution is -2.05. The number of methoxy groups -OCH3 is 1. The maximum absolute atomic E-state index is 12.5. The van der Waals surface area contributed by atoms with E-state index in [4.69, 9.17) is 0 Å². The average molecular weight is 288 g/mol. The van der Waals surface area contributed by atoms with Crippen molar-refractivity contribution in [1.82, 2.24) is 0 Å². The van der Waals surface area contributed by atoms with E-state index in [2.05, 4.69) is 4.74 Å². The highest BCUT2D eigenvalue weighted by Gasteiger charge is 2.65. The molecule has 0 aliphatic rings. The van der Waals surface area contributed by atoms with Gasteiger partial charge in [-0.15, -0.1) is 0 Å². The molecule has 1 rings (SSSR count). The van der Waals surface area contributed by atoms with Crippen LogP contribution < -0.4 is 0 Å². The molecule has 0 amide bonds. The molecule has 0 radical (unpaired) electrons. The summed E-state index contributed by atoms with van der Waals surface area (Å²) in [7, 11) is -8.60. The quantitative estimate of drug-likeness (QED) is 0.464. The van der Waals surface area contributed by atoms with E-state index < -0.39 is 21.1 Å². The van der Waals surface area contributed by atoms with Crippen molar-refractivity contribution in [1.29, 1.82) is 0 Å². The normalized spacial score (nSPS) is 16.1. The van der Waals surface area contributed by atoms with Crippen LogP contribution >= 0.6 is 10.2 Å². The lowest BCUT2D eigenvalue weighted by atomic mass is 10.2. The Balaban J connectivity index is 3.17. The molecule has 0 saturated carbocycles. The van der Waals surface area contributed by atoms with Crippen molar-refractivity contribution in [2.45, 2.75) is 4.90 Å². The summed E-state index contributed by atoms with van der Waals surface area (Å²) in [6, 6.07) is 2.56. The van der Waals surface area contributed by atoms with Crippen LogP contribution in [0.3, 0.4) is 0 Å². The number of carbonyl (C=O) groups is 1. The van der Waals surface area contributed by atoms with Gasteiger partial charge in [-0.2, -0.15) is 0 Å². The first-order chi connectivity index (χ1) is 7.92. The minimum atomic E-state index is -9.68. The fourth-order valence-electron chi connectivity index (χ4n) is 1.09. The molecule has 8 heteroatoms. The summed E-state index contributed by atoms with van der Waals surface area (Å²) in [5.41, 5.74) is -0.175. The van der Waals surface area contributed by atoms with Crippen LogP contribution in [0.5, 0.6) is 0 Å². The maximum atomic E-state index is 12.5. The Bertz CT molecular complexity index is 506. The topological polar surface area (TPSA) is 26.3 Å². The zero-order valence-electron chi connectivity index (χ0n) is 9.08.